The molecule has 1 aliphatic rings. The van der Waals surface area contributed by atoms with Crippen LogP contribution in [0.25, 0.3) is 0 Å². The molecule has 1 rings (SSSR count). The van der Waals surface area contributed by atoms with Crippen LogP contribution in [0.5, 0.6) is 0 Å². The summed E-state index contributed by atoms with van der Waals surface area (Å²) in [5.41, 5.74) is 1.33. The number of hydrogen-bond acceptors (Lipinski definition) is 2. The molecule has 1 amide bonds. The first-order valence-electron chi connectivity index (χ1n) is 11.7. The molecule has 158 valence electrons. The molecule has 0 aliphatic carbocycles. The second-order valence-electron chi connectivity index (χ2n) is 8.69. The number of likely N-dealkylation sites (tertiary alicyclic amines) is 1. The summed E-state index contributed by atoms with van der Waals surface area (Å²) < 4.78 is 0. The Kier molecular flexibility index (Phi) is 14.5. The Morgan fingerprint density at radius 1 is 0.815 bits per heavy atom. The van der Waals surface area contributed by atoms with Gasteiger partial charge in [0.2, 0.25) is 5.91 Å². The van der Waals surface area contributed by atoms with E-state index in [1.165, 1.54) is 95.5 Å². The molecule has 0 radical (unpaired) electrons. The van der Waals surface area contributed by atoms with Gasteiger partial charge >= 0.3 is 0 Å². The summed E-state index contributed by atoms with van der Waals surface area (Å²) in [7, 11) is 0. The molecule has 1 N–H and O–H groups in total. The van der Waals surface area contributed by atoms with Crippen molar-refractivity contribution in [3.63, 3.8) is 0 Å². The number of nitrogens with zero attached hydrogens (tertiary/aromatic N) is 1. The number of allylic oxidation sites excluding steroid dienone is 1. The van der Waals surface area contributed by atoms with Crippen LogP contribution in [0.1, 0.15) is 116 Å². The maximum absolute atomic E-state index is 12.0. The van der Waals surface area contributed by atoms with Gasteiger partial charge in [0.15, 0.2) is 0 Å². The highest BCUT2D eigenvalue weighted by atomic mass is 16.3. The topological polar surface area (TPSA) is 40.5 Å². The first kappa shape index (κ1) is 24.2. The number of aliphatic hydroxyl groups is 1. The van der Waals surface area contributed by atoms with Gasteiger partial charge in [-0.2, -0.15) is 0 Å². The van der Waals surface area contributed by atoms with Gasteiger partial charge in [-0.1, -0.05) is 82.6 Å². The van der Waals surface area contributed by atoms with E-state index in [4.69, 9.17) is 0 Å². The minimum atomic E-state index is -0.291. The second-order valence-corrected chi connectivity index (χ2v) is 8.69. The van der Waals surface area contributed by atoms with Crippen LogP contribution >= 0.6 is 0 Å². The fourth-order valence-corrected chi connectivity index (χ4v) is 3.95. The average molecular weight is 380 g/mol. The molecule has 3 nitrogen and oxygen atoms in total. The summed E-state index contributed by atoms with van der Waals surface area (Å²) in [5, 5.41) is 9.47. The summed E-state index contributed by atoms with van der Waals surface area (Å²) in [6, 6.07) is 0. The van der Waals surface area contributed by atoms with Crippen molar-refractivity contribution in [1.82, 2.24) is 4.90 Å². The molecule has 1 fully saturated rings. The van der Waals surface area contributed by atoms with E-state index in [0.29, 0.717) is 13.0 Å². The predicted molar refractivity (Wildman–Crippen MR) is 116 cm³/mol. The van der Waals surface area contributed by atoms with Gasteiger partial charge in [0.25, 0.3) is 0 Å². The molecular formula is C24H45NO2. The number of carbonyl (C=O) groups is 1. The van der Waals surface area contributed by atoms with E-state index >= 15 is 0 Å². The molecule has 1 atom stereocenters. The lowest BCUT2D eigenvalue weighted by molar-refractivity contribution is -0.130. The molecule has 0 saturated carbocycles. The van der Waals surface area contributed by atoms with E-state index in [9.17, 15) is 9.90 Å². The van der Waals surface area contributed by atoms with Crippen molar-refractivity contribution in [3.05, 3.63) is 12.2 Å². The summed E-state index contributed by atoms with van der Waals surface area (Å²) in [5.74, 6) is 0.238. The maximum Gasteiger partial charge on any atom is 0.222 e. The molecule has 3 heteroatoms. The van der Waals surface area contributed by atoms with Crippen LogP contribution in [-0.4, -0.2) is 35.1 Å². The summed E-state index contributed by atoms with van der Waals surface area (Å²) in [4.78, 5) is 13.8. The number of hydrogen-bond donors (Lipinski definition) is 1. The highest BCUT2D eigenvalue weighted by Gasteiger charge is 2.23. The fourth-order valence-electron chi connectivity index (χ4n) is 3.95. The van der Waals surface area contributed by atoms with E-state index in [0.717, 1.165) is 19.4 Å². The molecule has 0 aromatic heterocycles. The Morgan fingerprint density at radius 3 is 1.59 bits per heavy atom. The van der Waals surface area contributed by atoms with E-state index < -0.39 is 0 Å². The molecule has 0 aromatic rings. The van der Waals surface area contributed by atoms with Gasteiger partial charge in [-0.15, -0.1) is 6.58 Å². The number of carbonyl (C=O) groups excluding carboxylic acids is 1. The molecule has 1 heterocycles. The number of rotatable bonds is 17. The first-order valence-corrected chi connectivity index (χ1v) is 11.7. The van der Waals surface area contributed by atoms with Crippen molar-refractivity contribution in [1.29, 1.82) is 0 Å². The second kappa shape index (κ2) is 16.2. The maximum atomic E-state index is 12.0. The Hall–Kier alpha value is -0.830. The van der Waals surface area contributed by atoms with Crippen molar-refractivity contribution in [2.75, 3.05) is 13.1 Å². The minimum Gasteiger partial charge on any atom is -0.391 e. The Balaban J connectivity index is 1.73. The van der Waals surface area contributed by atoms with E-state index in [2.05, 4.69) is 13.5 Å². The van der Waals surface area contributed by atoms with Crippen LogP contribution in [0.4, 0.5) is 0 Å². The van der Waals surface area contributed by atoms with Gasteiger partial charge in [0.05, 0.1) is 6.10 Å². The van der Waals surface area contributed by atoms with Crippen LogP contribution < -0.4 is 0 Å². The molecule has 1 aliphatic heterocycles. The number of unbranched alkanes of at least 4 members (excludes halogenated alkanes) is 13. The third-order valence-electron chi connectivity index (χ3n) is 5.76. The Morgan fingerprint density at radius 2 is 1.22 bits per heavy atom. The van der Waals surface area contributed by atoms with Gasteiger partial charge in [0, 0.05) is 19.5 Å². The molecule has 0 aromatic carbocycles. The minimum absolute atomic E-state index is 0.238. The van der Waals surface area contributed by atoms with Crippen LogP contribution in [-0.2, 0) is 4.79 Å². The van der Waals surface area contributed by atoms with Crippen molar-refractivity contribution in [2.24, 2.45) is 0 Å². The average Bonchev–Trinajstić information content (AvgIpc) is 3.07. The van der Waals surface area contributed by atoms with Crippen molar-refractivity contribution in [3.8, 4) is 0 Å². The quantitative estimate of drug-likeness (QED) is 0.235. The van der Waals surface area contributed by atoms with E-state index in [1.807, 2.05) is 4.90 Å². The van der Waals surface area contributed by atoms with Gasteiger partial charge in [-0.3, -0.25) is 4.79 Å². The fraction of sp³-hybridized carbons (Fsp3) is 0.875. The molecular weight excluding hydrogens is 334 g/mol. The van der Waals surface area contributed by atoms with Gasteiger partial charge in [-0.05, 0) is 32.6 Å². The smallest absolute Gasteiger partial charge is 0.222 e. The van der Waals surface area contributed by atoms with Crippen LogP contribution in [0.15, 0.2) is 12.2 Å². The highest BCUT2D eigenvalue weighted by molar-refractivity contribution is 5.76. The largest absolute Gasteiger partial charge is 0.391 e. The normalized spacial score (nSPS) is 16.8. The highest BCUT2D eigenvalue weighted by Crippen LogP contribution is 2.15. The Bertz CT molecular complexity index is 394. The standard InChI is InChI=1S/C24H45NO2/c1-22(2)17-15-13-11-9-7-5-3-4-6-8-10-12-14-16-18-24(27)25-20-19-23(26)21-25/h23,26H,1,3-21H2,2H3/t23-/m0/s1. The van der Waals surface area contributed by atoms with Gasteiger partial charge in [0.1, 0.15) is 0 Å². The lowest BCUT2D eigenvalue weighted by Gasteiger charge is -2.15. The monoisotopic (exact) mass is 379 g/mol. The van der Waals surface area contributed by atoms with Gasteiger partial charge in [-0.25, -0.2) is 0 Å². The van der Waals surface area contributed by atoms with E-state index in [-0.39, 0.29) is 12.0 Å². The zero-order chi connectivity index (χ0) is 19.7. The predicted octanol–water partition coefficient (Wildman–Crippen LogP) is 6.40. The molecule has 27 heavy (non-hydrogen) atoms. The lowest BCUT2D eigenvalue weighted by atomic mass is 10.0. The van der Waals surface area contributed by atoms with Crippen LogP contribution in [0, 0.1) is 0 Å². The Labute approximate surface area is 168 Å². The summed E-state index contributed by atoms with van der Waals surface area (Å²) in [6.45, 7) is 7.38. The van der Waals surface area contributed by atoms with Crippen LogP contribution in [0.2, 0.25) is 0 Å². The molecule has 0 unspecified atom stereocenters. The number of β-amino-alcohol motifs (C(OH)–C–C–N with tert-alkyl or cyclic N) is 1. The lowest BCUT2D eigenvalue weighted by Crippen LogP contribution is -2.29. The van der Waals surface area contributed by atoms with Crippen molar-refractivity contribution in [2.45, 2.75) is 122 Å². The first-order chi connectivity index (χ1) is 13.1. The zero-order valence-electron chi connectivity index (χ0n) is 18.0. The van der Waals surface area contributed by atoms with Crippen molar-refractivity contribution < 1.29 is 9.90 Å². The molecule has 0 spiro atoms. The summed E-state index contributed by atoms with van der Waals surface area (Å²) in [6.07, 6.45) is 21.0. The zero-order valence-corrected chi connectivity index (χ0v) is 18.0. The third kappa shape index (κ3) is 13.9. The number of aliphatic hydroxyl groups excluding tert-OH is 1. The van der Waals surface area contributed by atoms with Gasteiger partial charge < -0.3 is 10.0 Å². The molecule has 1 saturated heterocycles. The SMILES string of the molecule is C=C(C)CCCCCCCCCCCCCCCCC(=O)N1CC[C@H](O)C1. The third-order valence-corrected chi connectivity index (χ3v) is 5.76. The van der Waals surface area contributed by atoms with Crippen LogP contribution in [0.3, 0.4) is 0 Å². The number of amides is 1. The molecule has 0 bridgehead atoms. The summed E-state index contributed by atoms with van der Waals surface area (Å²) >= 11 is 0. The van der Waals surface area contributed by atoms with Crippen molar-refractivity contribution >= 4 is 5.91 Å². The van der Waals surface area contributed by atoms with E-state index in [1.54, 1.807) is 0 Å².